The van der Waals surface area contributed by atoms with Gasteiger partial charge in [-0.3, -0.25) is 0 Å². The smallest absolute Gasteiger partial charge is 0.119 e. The predicted molar refractivity (Wildman–Crippen MR) is 77.4 cm³/mol. The monoisotopic (exact) mass is 256 g/mol. The third-order valence-electron chi connectivity index (χ3n) is 3.01. The molecule has 0 atom stereocenters. The molecule has 0 saturated heterocycles. The molecule has 2 aromatic carbocycles. The standard InChI is InChI=1S/C17H20O2/c1-2-11-19-17-9-7-15(8-10-17)12-14-3-5-16(13-18)6-4-14/h3-10,18H,2,11-13H2,1H3. The van der Waals surface area contributed by atoms with Gasteiger partial charge in [-0.05, 0) is 41.7 Å². The summed E-state index contributed by atoms with van der Waals surface area (Å²) in [5.74, 6) is 0.932. The third-order valence-corrected chi connectivity index (χ3v) is 3.01. The largest absolute Gasteiger partial charge is 0.494 e. The zero-order valence-corrected chi connectivity index (χ0v) is 11.3. The van der Waals surface area contributed by atoms with Crippen LogP contribution in [-0.4, -0.2) is 11.7 Å². The number of rotatable bonds is 6. The van der Waals surface area contributed by atoms with Crippen LogP contribution in [-0.2, 0) is 13.0 Å². The molecule has 2 nitrogen and oxygen atoms in total. The van der Waals surface area contributed by atoms with Gasteiger partial charge in [0.1, 0.15) is 5.75 Å². The molecule has 0 aliphatic rings. The van der Waals surface area contributed by atoms with E-state index in [0.717, 1.165) is 30.8 Å². The van der Waals surface area contributed by atoms with E-state index in [-0.39, 0.29) is 6.61 Å². The van der Waals surface area contributed by atoms with Crippen molar-refractivity contribution in [2.24, 2.45) is 0 Å². The molecular formula is C17H20O2. The van der Waals surface area contributed by atoms with Crippen LogP contribution >= 0.6 is 0 Å². The SMILES string of the molecule is CCCOc1ccc(Cc2ccc(CO)cc2)cc1. The van der Waals surface area contributed by atoms with Crippen molar-refractivity contribution in [1.82, 2.24) is 0 Å². The van der Waals surface area contributed by atoms with E-state index in [1.807, 2.05) is 24.3 Å². The molecule has 0 aliphatic heterocycles. The molecule has 0 unspecified atom stereocenters. The molecule has 0 heterocycles. The average Bonchev–Trinajstić information content (AvgIpc) is 2.47. The van der Waals surface area contributed by atoms with Crippen molar-refractivity contribution >= 4 is 0 Å². The summed E-state index contributed by atoms with van der Waals surface area (Å²) in [5.41, 5.74) is 3.46. The van der Waals surface area contributed by atoms with E-state index < -0.39 is 0 Å². The van der Waals surface area contributed by atoms with Crippen molar-refractivity contribution in [3.8, 4) is 5.75 Å². The van der Waals surface area contributed by atoms with Gasteiger partial charge in [-0.2, -0.15) is 0 Å². The molecule has 0 aliphatic carbocycles. The molecule has 1 N–H and O–H groups in total. The van der Waals surface area contributed by atoms with Crippen LogP contribution in [0.25, 0.3) is 0 Å². The van der Waals surface area contributed by atoms with Crippen LogP contribution in [0.5, 0.6) is 5.75 Å². The quantitative estimate of drug-likeness (QED) is 0.856. The first-order valence-corrected chi connectivity index (χ1v) is 6.72. The molecule has 0 saturated carbocycles. The maximum Gasteiger partial charge on any atom is 0.119 e. The van der Waals surface area contributed by atoms with Crippen molar-refractivity contribution in [2.75, 3.05) is 6.61 Å². The molecule has 2 rings (SSSR count). The Labute approximate surface area is 114 Å². The van der Waals surface area contributed by atoms with Crippen LogP contribution in [0.2, 0.25) is 0 Å². The molecule has 0 spiro atoms. The highest BCUT2D eigenvalue weighted by atomic mass is 16.5. The lowest BCUT2D eigenvalue weighted by Crippen LogP contribution is -1.95. The van der Waals surface area contributed by atoms with E-state index in [1.165, 1.54) is 11.1 Å². The number of ether oxygens (including phenoxy) is 1. The Bertz CT molecular complexity index is 486. The van der Waals surface area contributed by atoms with Gasteiger partial charge in [0.25, 0.3) is 0 Å². The molecule has 100 valence electrons. The average molecular weight is 256 g/mol. The minimum absolute atomic E-state index is 0.101. The molecular weight excluding hydrogens is 236 g/mol. The molecule has 0 amide bonds. The van der Waals surface area contributed by atoms with Crippen LogP contribution in [0.3, 0.4) is 0 Å². The van der Waals surface area contributed by atoms with Gasteiger partial charge >= 0.3 is 0 Å². The van der Waals surface area contributed by atoms with E-state index in [2.05, 4.69) is 31.2 Å². The Morgan fingerprint density at radius 3 is 1.89 bits per heavy atom. The van der Waals surface area contributed by atoms with Crippen LogP contribution in [0.4, 0.5) is 0 Å². The van der Waals surface area contributed by atoms with Crippen LogP contribution < -0.4 is 4.74 Å². The number of benzene rings is 2. The normalized spacial score (nSPS) is 10.4. The highest BCUT2D eigenvalue weighted by molar-refractivity contribution is 5.32. The van der Waals surface area contributed by atoms with Crippen molar-refractivity contribution in [2.45, 2.75) is 26.4 Å². The fourth-order valence-electron chi connectivity index (χ4n) is 1.92. The number of aliphatic hydroxyl groups excluding tert-OH is 1. The first-order chi connectivity index (χ1) is 9.31. The number of aliphatic hydroxyl groups is 1. The van der Waals surface area contributed by atoms with Crippen molar-refractivity contribution in [3.05, 3.63) is 65.2 Å². The lowest BCUT2D eigenvalue weighted by Gasteiger charge is -2.06. The Morgan fingerprint density at radius 1 is 0.842 bits per heavy atom. The third kappa shape index (κ3) is 4.11. The Morgan fingerprint density at radius 2 is 1.37 bits per heavy atom. The molecule has 19 heavy (non-hydrogen) atoms. The van der Waals surface area contributed by atoms with Crippen molar-refractivity contribution < 1.29 is 9.84 Å². The Kier molecular flexibility index (Phi) is 4.99. The molecule has 2 heteroatoms. The van der Waals surface area contributed by atoms with Crippen LogP contribution in [0.1, 0.15) is 30.0 Å². The van der Waals surface area contributed by atoms with Gasteiger partial charge in [-0.15, -0.1) is 0 Å². The minimum Gasteiger partial charge on any atom is -0.494 e. The lowest BCUT2D eigenvalue weighted by atomic mass is 10.0. The van der Waals surface area contributed by atoms with Crippen molar-refractivity contribution in [3.63, 3.8) is 0 Å². The van der Waals surface area contributed by atoms with E-state index in [1.54, 1.807) is 0 Å². The van der Waals surface area contributed by atoms with Gasteiger partial charge in [0.2, 0.25) is 0 Å². The number of hydrogen-bond donors (Lipinski definition) is 1. The maximum atomic E-state index is 9.01. The lowest BCUT2D eigenvalue weighted by molar-refractivity contribution is 0.282. The second kappa shape index (κ2) is 6.95. The zero-order chi connectivity index (χ0) is 13.5. The molecule has 0 bridgehead atoms. The summed E-state index contributed by atoms with van der Waals surface area (Å²) in [4.78, 5) is 0. The molecule has 0 fully saturated rings. The van der Waals surface area contributed by atoms with Gasteiger partial charge in [0.15, 0.2) is 0 Å². The summed E-state index contributed by atoms with van der Waals surface area (Å²) in [6.45, 7) is 2.97. The first-order valence-electron chi connectivity index (χ1n) is 6.72. The minimum atomic E-state index is 0.101. The van der Waals surface area contributed by atoms with Gasteiger partial charge in [0.05, 0.1) is 13.2 Å². The second-order valence-electron chi connectivity index (χ2n) is 4.64. The summed E-state index contributed by atoms with van der Waals surface area (Å²) in [7, 11) is 0. The highest BCUT2D eigenvalue weighted by Gasteiger charge is 1.98. The van der Waals surface area contributed by atoms with E-state index in [0.29, 0.717) is 0 Å². The molecule has 0 radical (unpaired) electrons. The van der Waals surface area contributed by atoms with E-state index >= 15 is 0 Å². The summed E-state index contributed by atoms with van der Waals surface area (Å²) >= 11 is 0. The summed E-state index contributed by atoms with van der Waals surface area (Å²) in [6, 6.07) is 16.3. The van der Waals surface area contributed by atoms with Gasteiger partial charge in [-0.25, -0.2) is 0 Å². The van der Waals surface area contributed by atoms with Crippen LogP contribution in [0, 0.1) is 0 Å². The van der Waals surface area contributed by atoms with E-state index in [9.17, 15) is 0 Å². The fraction of sp³-hybridized carbons (Fsp3) is 0.294. The van der Waals surface area contributed by atoms with Gasteiger partial charge < -0.3 is 9.84 Å². The molecule has 2 aromatic rings. The topological polar surface area (TPSA) is 29.5 Å². The fourth-order valence-corrected chi connectivity index (χ4v) is 1.92. The van der Waals surface area contributed by atoms with Crippen molar-refractivity contribution in [1.29, 1.82) is 0 Å². The Balaban J connectivity index is 1.98. The Hall–Kier alpha value is -1.80. The van der Waals surface area contributed by atoms with Gasteiger partial charge in [0, 0.05) is 0 Å². The highest BCUT2D eigenvalue weighted by Crippen LogP contribution is 2.16. The van der Waals surface area contributed by atoms with Gasteiger partial charge in [-0.1, -0.05) is 43.3 Å². The predicted octanol–water partition coefficient (Wildman–Crippen LogP) is 3.56. The molecule has 0 aromatic heterocycles. The number of hydrogen-bond acceptors (Lipinski definition) is 2. The second-order valence-corrected chi connectivity index (χ2v) is 4.64. The summed E-state index contributed by atoms with van der Waals surface area (Å²) < 4.78 is 5.56. The summed E-state index contributed by atoms with van der Waals surface area (Å²) in [6.07, 6.45) is 1.93. The first kappa shape index (κ1) is 13.6. The summed E-state index contributed by atoms with van der Waals surface area (Å²) in [5, 5.41) is 9.01. The maximum absolute atomic E-state index is 9.01. The van der Waals surface area contributed by atoms with E-state index in [4.69, 9.17) is 9.84 Å². The zero-order valence-electron chi connectivity index (χ0n) is 11.3. The van der Waals surface area contributed by atoms with Crippen LogP contribution in [0.15, 0.2) is 48.5 Å².